The second-order valence-electron chi connectivity index (χ2n) is 7.36. The second kappa shape index (κ2) is 10.0. The molecule has 1 aliphatic heterocycles. The zero-order chi connectivity index (χ0) is 23.4. The number of amides is 2. The zero-order valence-corrected chi connectivity index (χ0v) is 19.2. The number of carbonyl (C=O) groups excluding carboxylic acids is 2. The molecule has 168 valence electrons. The number of nitro benzene ring substituents is 1. The Morgan fingerprint density at radius 2 is 2.06 bits per heavy atom. The van der Waals surface area contributed by atoms with E-state index in [9.17, 15) is 19.7 Å². The van der Waals surface area contributed by atoms with Gasteiger partial charge in [-0.15, -0.1) is 18.2 Å². The molecule has 0 fully saturated rings. The number of benzene rings is 2. The van der Waals surface area contributed by atoms with Gasteiger partial charge in [0.15, 0.2) is 4.80 Å². The normalized spacial score (nSPS) is 13.5. The van der Waals surface area contributed by atoms with Crippen molar-refractivity contribution >= 4 is 56.5 Å². The van der Waals surface area contributed by atoms with Gasteiger partial charge in [-0.2, -0.15) is 4.99 Å². The zero-order valence-electron chi connectivity index (χ0n) is 17.6. The number of carbonyl (C=O) groups is 2. The lowest BCUT2D eigenvalue weighted by molar-refractivity contribution is -0.384. The van der Waals surface area contributed by atoms with E-state index < -0.39 is 10.8 Å². The van der Waals surface area contributed by atoms with E-state index in [2.05, 4.69) is 10.9 Å². The predicted molar refractivity (Wildman–Crippen MR) is 130 cm³/mol. The molecule has 0 saturated heterocycles. The van der Waals surface area contributed by atoms with Gasteiger partial charge in [0, 0.05) is 24.4 Å². The first-order valence-electron chi connectivity index (χ1n) is 10.2. The van der Waals surface area contributed by atoms with Crippen LogP contribution in [0.3, 0.4) is 0 Å². The Hall–Kier alpha value is -3.42. The second-order valence-corrected chi connectivity index (χ2v) is 9.35. The number of para-hydroxylation sites is 1. The summed E-state index contributed by atoms with van der Waals surface area (Å²) in [5.41, 5.74) is 2.75. The Bertz CT molecular complexity index is 1350. The maximum Gasteiger partial charge on any atom is 0.270 e. The highest BCUT2D eigenvalue weighted by molar-refractivity contribution is 8.00. The lowest BCUT2D eigenvalue weighted by atomic mass is 10.0. The summed E-state index contributed by atoms with van der Waals surface area (Å²) in [5.74, 6) is 2.33. The average Bonchev–Trinajstić information content (AvgIpc) is 3.14. The molecule has 0 spiro atoms. The summed E-state index contributed by atoms with van der Waals surface area (Å²) < 4.78 is 2.31. The highest BCUT2D eigenvalue weighted by Gasteiger charge is 2.22. The number of hydrogen-bond donors (Lipinski definition) is 0. The van der Waals surface area contributed by atoms with E-state index >= 15 is 0 Å². The Morgan fingerprint density at radius 1 is 1.24 bits per heavy atom. The van der Waals surface area contributed by atoms with Gasteiger partial charge in [0.2, 0.25) is 5.91 Å². The van der Waals surface area contributed by atoms with Crippen molar-refractivity contribution in [2.24, 2.45) is 4.99 Å². The smallest absolute Gasteiger partial charge is 0.270 e. The number of aryl methyl sites for hydroxylation is 1. The number of nitro groups is 1. The fourth-order valence-corrected chi connectivity index (χ4v) is 5.49. The summed E-state index contributed by atoms with van der Waals surface area (Å²) in [6.45, 7) is 0.860. The van der Waals surface area contributed by atoms with Crippen LogP contribution >= 0.6 is 23.1 Å². The standard InChI is InChI=1S/C23H20N4O4S2/c1-2-11-26-19-10-9-17(27(30)31)13-20(19)33-23(26)24-21(28)14-32-15-22(29)25-12-5-7-16-6-3-4-8-18(16)25/h1,3-4,6,8-10,13H,5,7,11-12,14-15H2. The van der Waals surface area contributed by atoms with Crippen molar-refractivity contribution in [3.05, 3.63) is 62.9 Å². The molecule has 1 aliphatic rings. The number of non-ortho nitro benzene ring substituents is 1. The molecule has 2 aromatic carbocycles. The minimum atomic E-state index is -0.471. The van der Waals surface area contributed by atoms with Gasteiger partial charge in [0.05, 0.1) is 33.2 Å². The van der Waals surface area contributed by atoms with Crippen molar-refractivity contribution in [3.63, 3.8) is 0 Å². The molecule has 0 N–H and O–H groups in total. The van der Waals surface area contributed by atoms with E-state index in [0.717, 1.165) is 24.1 Å². The van der Waals surface area contributed by atoms with E-state index in [1.165, 1.54) is 35.2 Å². The van der Waals surface area contributed by atoms with Crippen LogP contribution in [0.4, 0.5) is 11.4 Å². The van der Waals surface area contributed by atoms with Gasteiger partial charge in [-0.3, -0.25) is 19.7 Å². The first-order chi connectivity index (χ1) is 16.0. The molecular formula is C23H20N4O4S2. The lowest BCUT2D eigenvalue weighted by Gasteiger charge is -2.29. The Labute approximate surface area is 198 Å². The number of nitrogens with zero attached hydrogens (tertiary/aromatic N) is 4. The lowest BCUT2D eigenvalue weighted by Crippen LogP contribution is -2.36. The van der Waals surface area contributed by atoms with Crippen LogP contribution in [-0.2, 0) is 22.6 Å². The van der Waals surface area contributed by atoms with Crippen molar-refractivity contribution in [1.29, 1.82) is 0 Å². The first kappa shape index (κ1) is 22.8. The minimum absolute atomic E-state index is 0.0310. The number of thiazole rings is 1. The highest BCUT2D eigenvalue weighted by atomic mass is 32.2. The molecule has 0 saturated carbocycles. The molecule has 2 heterocycles. The van der Waals surface area contributed by atoms with Gasteiger partial charge in [-0.25, -0.2) is 0 Å². The fourth-order valence-electron chi connectivity index (χ4n) is 3.74. The summed E-state index contributed by atoms with van der Waals surface area (Å²) in [6.07, 6.45) is 7.34. The van der Waals surface area contributed by atoms with Gasteiger partial charge in [-0.05, 0) is 30.5 Å². The maximum absolute atomic E-state index is 12.7. The largest absolute Gasteiger partial charge is 0.311 e. The van der Waals surface area contributed by atoms with E-state index in [-0.39, 0.29) is 29.6 Å². The molecule has 3 aromatic rings. The number of aromatic nitrogens is 1. The van der Waals surface area contributed by atoms with Gasteiger partial charge >= 0.3 is 0 Å². The van der Waals surface area contributed by atoms with Crippen molar-refractivity contribution < 1.29 is 14.5 Å². The average molecular weight is 481 g/mol. The third kappa shape index (κ3) is 4.99. The molecule has 0 atom stereocenters. The summed E-state index contributed by atoms with van der Waals surface area (Å²) in [5, 5.41) is 11.1. The molecule has 10 heteroatoms. The van der Waals surface area contributed by atoms with E-state index in [0.29, 0.717) is 21.6 Å². The van der Waals surface area contributed by atoms with Gasteiger partial charge < -0.3 is 9.47 Å². The van der Waals surface area contributed by atoms with Crippen LogP contribution in [0.1, 0.15) is 12.0 Å². The minimum Gasteiger partial charge on any atom is -0.311 e. The molecule has 0 aliphatic carbocycles. The third-order valence-corrected chi connectivity index (χ3v) is 7.15. The first-order valence-corrected chi connectivity index (χ1v) is 12.2. The van der Waals surface area contributed by atoms with Crippen molar-refractivity contribution in [1.82, 2.24) is 4.57 Å². The van der Waals surface area contributed by atoms with Crippen LogP contribution in [0, 0.1) is 22.5 Å². The predicted octanol–water partition coefficient (Wildman–Crippen LogP) is 3.38. The Balaban J connectivity index is 1.46. The van der Waals surface area contributed by atoms with Crippen LogP contribution in [-0.4, -0.2) is 39.4 Å². The molecule has 1 aromatic heterocycles. The third-order valence-electron chi connectivity index (χ3n) is 5.21. The van der Waals surface area contributed by atoms with Crippen molar-refractivity contribution in [2.45, 2.75) is 19.4 Å². The fraction of sp³-hybridized carbons (Fsp3) is 0.261. The van der Waals surface area contributed by atoms with E-state index in [4.69, 9.17) is 6.42 Å². The number of thioether (sulfide) groups is 1. The van der Waals surface area contributed by atoms with Crippen LogP contribution in [0.25, 0.3) is 10.2 Å². The topological polar surface area (TPSA) is 97.8 Å². The number of rotatable bonds is 6. The van der Waals surface area contributed by atoms with Gasteiger partial charge in [-0.1, -0.05) is 35.5 Å². The molecule has 0 radical (unpaired) electrons. The molecular weight excluding hydrogens is 460 g/mol. The van der Waals surface area contributed by atoms with Crippen molar-refractivity contribution in [3.8, 4) is 12.3 Å². The quantitative estimate of drug-likeness (QED) is 0.306. The SMILES string of the molecule is C#CCn1c(=NC(=O)CSCC(=O)N2CCCc3ccccc32)sc2cc([N+](=O)[O-])ccc21. The molecule has 33 heavy (non-hydrogen) atoms. The Kier molecular flexibility index (Phi) is 6.91. The van der Waals surface area contributed by atoms with Gasteiger partial charge in [0.1, 0.15) is 0 Å². The van der Waals surface area contributed by atoms with E-state index in [1.807, 2.05) is 24.3 Å². The van der Waals surface area contributed by atoms with Crippen LogP contribution in [0.15, 0.2) is 47.5 Å². The molecule has 8 nitrogen and oxygen atoms in total. The monoisotopic (exact) mass is 480 g/mol. The molecule has 4 rings (SSSR count). The number of fused-ring (bicyclic) bond motifs is 2. The molecule has 2 amide bonds. The summed E-state index contributed by atoms with van der Waals surface area (Å²) in [7, 11) is 0. The highest BCUT2D eigenvalue weighted by Crippen LogP contribution is 2.27. The maximum atomic E-state index is 12.7. The molecule has 0 unspecified atom stereocenters. The van der Waals surface area contributed by atoms with Crippen LogP contribution in [0.5, 0.6) is 0 Å². The number of anilines is 1. The van der Waals surface area contributed by atoms with E-state index in [1.54, 1.807) is 15.5 Å². The van der Waals surface area contributed by atoms with Crippen molar-refractivity contribution in [2.75, 3.05) is 23.0 Å². The number of terminal acetylenes is 1. The summed E-state index contributed by atoms with van der Waals surface area (Å²) in [4.78, 5) is 42.1. The van der Waals surface area contributed by atoms with Crippen LogP contribution < -0.4 is 9.70 Å². The van der Waals surface area contributed by atoms with Gasteiger partial charge in [0.25, 0.3) is 11.6 Å². The summed E-state index contributed by atoms with van der Waals surface area (Å²) >= 11 is 2.39. The number of hydrogen-bond acceptors (Lipinski definition) is 6. The molecule has 0 bridgehead atoms. The van der Waals surface area contributed by atoms with Crippen LogP contribution in [0.2, 0.25) is 0 Å². The summed E-state index contributed by atoms with van der Waals surface area (Å²) in [6, 6.07) is 12.3. The Morgan fingerprint density at radius 3 is 2.85 bits per heavy atom.